The van der Waals surface area contributed by atoms with E-state index in [0.717, 1.165) is 17.2 Å². The van der Waals surface area contributed by atoms with E-state index in [9.17, 15) is 0 Å². The molecule has 0 N–H and O–H groups in total. The van der Waals surface area contributed by atoms with Gasteiger partial charge in [0.05, 0.1) is 5.69 Å². The van der Waals surface area contributed by atoms with E-state index in [0.29, 0.717) is 0 Å². The van der Waals surface area contributed by atoms with Crippen LogP contribution in [-0.4, -0.2) is 6.26 Å². The number of nitrogens with zero attached hydrogens (tertiary/aromatic N) is 1. The van der Waals surface area contributed by atoms with Gasteiger partial charge in [-0.3, -0.25) is 0 Å². The molecule has 48 valence electrons. The van der Waals surface area contributed by atoms with Crippen LogP contribution in [0.5, 0.6) is 0 Å². The van der Waals surface area contributed by atoms with Gasteiger partial charge in [-0.15, -0.1) is 11.6 Å². The van der Waals surface area contributed by atoms with Gasteiger partial charge in [-0.05, 0) is 18.4 Å². The Morgan fingerprint density at radius 2 is 1.89 bits per heavy atom. The number of rotatable bonds is 1. The van der Waals surface area contributed by atoms with Crippen molar-refractivity contribution in [1.82, 2.24) is 0 Å². The summed E-state index contributed by atoms with van der Waals surface area (Å²) in [6, 6.07) is 9.96. The third kappa shape index (κ3) is 1.98. The molecule has 0 aliphatic carbocycles. The van der Waals surface area contributed by atoms with Crippen LogP contribution >= 0.6 is 0 Å². The number of benzene rings is 1. The SMILES string of the molecule is C/[SH]=N/c1ccccc1. The van der Waals surface area contributed by atoms with Crippen LogP contribution in [0.25, 0.3) is 0 Å². The van der Waals surface area contributed by atoms with Crippen LogP contribution in [0.3, 0.4) is 0 Å². The second-order valence-corrected chi connectivity index (χ2v) is 2.24. The molecule has 0 saturated heterocycles. The van der Waals surface area contributed by atoms with Gasteiger partial charge in [-0.1, -0.05) is 18.2 Å². The molecule has 0 radical (unpaired) electrons. The molecule has 0 amide bonds. The lowest BCUT2D eigenvalue weighted by molar-refractivity contribution is 1.57. The third-order valence-corrected chi connectivity index (χ3v) is 1.40. The van der Waals surface area contributed by atoms with Gasteiger partial charge in [0, 0.05) is 0 Å². The molecule has 1 nitrogen and oxygen atoms in total. The molecular weight excluding hydrogens is 130 g/mol. The second kappa shape index (κ2) is 3.41. The van der Waals surface area contributed by atoms with Crippen LogP contribution in [0.4, 0.5) is 5.69 Å². The van der Waals surface area contributed by atoms with Crippen molar-refractivity contribution in [2.24, 2.45) is 4.36 Å². The summed E-state index contributed by atoms with van der Waals surface area (Å²) in [6.07, 6.45) is 2.01. The monoisotopic (exact) mass is 139 g/mol. The van der Waals surface area contributed by atoms with Crippen molar-refractivity contribution in [2.45, 2.75) is 0 Å². The Kier molecular flexibility index (Phi) is 2.46. The highest BCUT2D eigenvalue weighted by molar-refractivity contribution is 7.67. The van der Waals surface area contributed by atoms with Crippen LogP contribution in [0.2, 0.25) is 0 Å². The minimum atomic E-state index is 1.06. The van der Waals surface area contributed by atoms with Gasteiger partial charge < -0.3 is 0 Å². The average Bonchev–Trinajstić information content (AvgIpc) is 1.91. The molecule has 1 aromatic rings. The molecule has 0 saturated carbocycles. The van der Waals surface area contributed by atoms with E-state index >= 15 is 0 Å². The molecule has 0 heterocycles. The topological polar surface area (TPSA) is 12.4 Å². The van der Waals surface area contributed by atoms with Gasteiger partial charge >= 0.3 is 0 Å². The molecule has 0 spiro atoms. The van der Waals surface area contributed by atoms with Gasteiger partial charge in [-0.25, -0.2) is 4.36 Å². The molecule has 0 atom stereocenters. The molecule has 0 aromatic heterocycles. The fourth-order valence-electron chi connectivity index (χ4n) is 0.610. The summed E-state index contributed by atoms with van der Waals surface area (Å²) in [5.74, 6) is 0. The van der Waals surface area contributed by atoms with Gasteiger partial charge in [0.2, 0.25) is 0 Å². The highest BCUT2D eigenvalue weighted by atomic mass is 32.1. The highest BCUT2D eigenvalue weighted by Gasteiger charge is 1.78. The predicted octanol–water partition coefficient (Wildman–Crippen LogP) is 1.95. The van der Waals surface area contributed by atoms with Gasteiger partial charge in [0.25, 0.3) is 0 Å². The Bertz CT molecular complexity index is 193. The van der Waals surface area contributed by atoms with Crippen molar-refractivity contribution < 1.29 is 0 Å². The quantitative estimate of drug-likeness (QED) is 0.571. The maximum atomic E-state index is 4.18. The summed E-state index contributed by atoms with van der Waals surface area (Å²) in [5, 5.41) is 0. The minimum Gasteiger partial charge on any atom is -0.231 e. The van der Waals surface area contributed by atoms with Crippen molar-refractivity contribution >= 4 is 17.2 Å². The first-order valence-corrected chi connectivity index (χ1v) is 4.08. The zero-order valence-electron chi connectivity index (χ0n) is 5.28. The summed E-state index contributed by atoms with van der Waals surface area (Å²) in [4.78, 5) is 0. The second-order valence-electron chi connectivity index (χ2n) is 1.64. The first-order valence-electron chi connectivity index (χ1n) is 2.78. The summed E-state index contributed by atoms with van der Waals surface area (Å²) in [6.45, 7) is 0. The Hall–Kier alpha value is -0.630. The van der Waals surface area contributed by atoms with Gasteiger partial charge in [0.1, 0.15) is 0 Å². The third-order valence-electron chi connectivity index (χ3n) is 0.972. The molecule has 1 aromatic carbocycles. The molecule has 0 aliphatic heterocycles. The standard InChI is InChI=1S/C7H9NS/c1-9-8-7-5-3-2-4-6-7/h2-6,9H,1H3. The van der Waals surface area contributed by atoms with Gasteiger partial charge in [0.15, 0.2) is 0 Å². The number of para-hydroxylation sites is 1. The zero-order chi connectivity index (χ0) is 6.53. The van der Waals surface area contributed by atoms with Gasteiger partial charge in [-0.2, -0.15) is 0 Å². The van der Waals surface area contributed by atoms with E-state index in [2.05, 4.69) is 4.36 Å². The Morgan fingerprint density at radius 1 is 1.22 bits per heavy atom. The molecule has 0 unspecified atom stereocenters. The van der Waals surface area contributed by atoms with E-state index in [-0.39, 0.29) is 0 Å². The summed E-state index contributed by atoms with van der Waals surface area (Å²) in [5.41, 5.74) is 1.06. The molecule has 9 heavy (non-hydrogen) atoms. The predicted molar refractivity (Wildman–Crippen MR) is 43.2 cm³/mol. The summed E-state index contributed by atoms with van der Waals surface area (Å²) in [7, 11) is 0. The van der Waals surface area contributed by atoms with Crippen molar-refractivity contribution in [3.05, 3.63) is 30.3 Å². The fraction of sp³-hybridized carbons (Fsp3) is 0.143. The molecular formula is C7H9NS. The molecule has 1 rings (SSSR count). The fourth-order valence-corrected chi connectivity index (χ4v) is 0.974. The number of hydrogen-bond acceptors (Lipinski definition) is 1. The maximum Gasteiger partial charge on any atom is 0.0700 e. The Balaban J connectivity index is 2.85. The van der Waals surface area contributed by atoms with Crippen LogP contribution in [0.15, 0.2) is 34.7 Å². The average molecular weight is 139 g/mol. The van der Waals surface area contributed by atoms with Crippen molar-refractivity contribution in [1.29, 1.82) is 0 Å². The number of thiol groups is 1. The van der Waals surface area contributed by atoms with Crippen LogP contribution in [-0.2, 0) is 11.6 Å². The molecule has 0 fully saturated rings. The number of hydrogen-bond donors (Lipinski definition) is 1. The highest BCUT2D eigenvalue weighted by Crippen LogP contribution is 2.08. The van der Waals surface area contributed by atoms with E-state index in [1.807, 2.05) is 36.6 Å². The first kappa shape index (κ1) is 6.49. The van der Waals surface area contributed by atoms with Crippen LogP contribution in [0.1, 0.15) is 0 Å². The van der Waals surface area contributed by atoms with E-state index in [1.165, 1.54) is 0 Å². The zero-order valence-corrected chi connectivity index (χ0v) is 6.18. The largest absolute Gasteiger partial charge is 0.231 e. The van der Waals surface area contributed by atoms with Crippen LogP contribution < -0.4 is 0 Å². The molecule has 0 aliphatic rings. The maximum absolute atomic E-state index is 4.18. The summed E-state index contributed by atoms with van der Waals surface area (Å²) < 4.78 is 4.18. The summed E-state index contributed by atoms with van der Waals surface area (Å²) >= 11 is 1.07. The Morgan fingerprint density at radius 3 is 2.44 bits per heavy atom. The van der Waals surface area contributed by atoms with E-state index < -0.39 is 0 Å². The first-order chi connectivity index (χ1) is 4.43. The smallest absolute Gasteiger partial charge is 0.0700 e. The van der Waals surface area contributed by atoms with Crippen molar-refractivity contribution in [3.8, 4) is 0 Å². The van der Waals surface area contributed by atoms with E-state index in [1.54, 1.807) is 0 Å². The molecule has 0 bridgehead atoms. The lowest BCUT2D eigenvalue weighted by Crippen LogP contribution is -1.59. The van der Waals surface area contributed by atoms with Crippen molar-refractivity contribution in [2.75, 3.05) is 6.26 Å². The molecule has 2 heteroatoms. The lowest BCUT2D eigenvalue weighted by Gasteiger charge is -1.86. The lowest BCUT2D eigenvalue weighted by atomic mass is 10.3. The van der Waals surface area contributed by atoms with Crippen LogP contribution in [0, 0.1) is 0 Å². The van der Waals surface area contributed by atoms with Crippen molar-refractivity contribution in [3.63, 3.8) is 0 Å². The minimum absolute atomic E-state index is 1.06. The van der Waals surface area contributed by atoms with E-state index in [4.69, 9.17) is 0 Å². The normalized spacial score (nSPS) is 11.2. The Labute approximate surface area is 58.9 Å².